The summed E-state index contributed by atoms with van der Waals surface area (Å²) in [6, 6.07) is 0. The molecule has 0 aliphatic rings. The van der Waals surface area contributed by atoms with Gasteiger partial charge in [-0.1, -0.05) is 129 Å². The van der Waals surface area contributed by atoms with Gasteiger partial charge in [0.25, 0.3) is 0 Å². The summed E-state index contributed by atoms with van der Waals surface area (Å²) in [5.74, 6) is 0. The number of hydrogen-bond acceptors (Lipinski definition) is 0. The van der Waals surface area contributed by atoms with Crippen molar-refractivity contribution in [3.8, 4) is 0 Å². The zero-order valence-electron chi connectivity index (χ0n) is 15.0. The summed E-state index contributed by atoms with van der Waals surface area (Å²) in [5, 5.41) is 0.483. The molecule has 0 bridgehead atoms. The highest BCUT2D eigenvalue weighted by Crippen LogP contribution is 2.14. The second kappa shape index (κ2) is 18.4. The zero-order chi connectivity index (χ0) is 15.6. The van der Waals surface area contributed by atoms with E-state index in [0.717, 1.165) is 0 Å². The van der Waals surface area contributed by atoms with Crippen molar-refractivity contribution in [2.24, 2.45) is 0 Å². The van der Waals surface area contributed by atoms with Crippen molar-refractivity contribution >= 4 is 12.6 Å². The number of unbranched alkanes of at least 4 members (excludes halogenated alkanes) is 15. The average molecular weight is 314 g/mol. The Balaban J connectivity index is 2.93. The summed E-state index contributed by atoms with van der Waals surface area (Å²) in [4.78, 5) is 0. The van der Waals surface area contributed by atoms with Crippen molar-refractivity contribution in [1.29, 1.82) is 0 Å². The Labute approximate surface area is 141 Å². The van der Waals surface area contributed by atoms with Gasteiger partial charge in [-0.2, -0.15) is 0 Å². The lowest BCUT2D eigenvalue weighted by Gasteiger charge is -2.04. The van der Waals surface area contributed by atoms with Crippen molar-refractivity contribution in [3.05, 3.63) is 0 Å². The van der Waals surface area contributed by atoms with Crippen LogP contribution in [-0.4, -0.2) is 5.25 Å². The van der Waals surface area contributed by atoms with Gasteiger partial charge in [-0.15, -0.1) is 0 Å². The summed E-state index contributed by atoms with van der Waals surface area (Å²) in [6.07, 6.45) is 24.4. The van der Waals surface area contributed by atoms with Crippen LogP contribution in [0.1, 0.15) is 123 Å². The third kappa shape index (κ3) is 20.4. The van der Waals surface area contributed by atoms with Gasteiger partial charge in [0, 0.05) is 5.25 Å². The molecule has 0 amide bonds. The third-order valence-corrected chi connectivity index (χ3v) is 4.70. The van der Waals surface area contributed by atoms with Crippen LogP contribution < -0.4 is 0 Å². The van der Waals surface area contributed by atoms with E-state index in [1.54, 1.807) is 0 Å². The lowest BCUT2D eigenvalue weighted by molar-refractivity contribution is 0.527. The minimum Gasteiger partial charge on any atom is -0.0907 e. The fourth-order valence-electron chi connectivity index (χ4n) is 2.98. The molecular formula is C20H41S. The third-order valence-electron chi connectivity index (χ3n) is 4.46. The topological polar surface area (TPSA) is 0 Å². The first kappa shape index (κ1) is 21.4. The number of hydrogen-bond donors (Lipinski definition) is 0. The van der Waals surface area contributed by atoms with E-state index in [2.05, 4.69) is 13.8 Å². The summed E-state index contributed by atoms with van der Waals surface area (Å²) in [6.45, 7) is 4.45. The van der Waals surface area contributed by atoms with E-state index in [1.165, 1.54) is 109 Å². The van der Waals surface area contributed by atoms with Gasteiger partial charge in [0.05, 0.1) is 0 Å². The lowest BCUT2D eigenvalue weighted by Crippen LogP contribution is -1.90. The van der Waals surface area contributed by atoms with Crippen LogP contribution in [0.15, 0.2) is 0 Å². The van der Waals surface area contributed by atoms with Gasteiger partial charge in [-0.25, -0.2) is 0 Å². The maximum atomic E-state index is 5.18. The zero-order valence-corrected chi connectivity index (χ0v) is 15.8. The van der Waals surface area contributed by atoms with E-state index in [9.17, 15) is 0 Å². The summed E-state index contributed by atoms with van der Waals surface area (Å²) in [7, 11) is 0. The molecule has 1 unspecified atom stereocenters. The Morgan fingerprint density at radius 2 is 0.810 bits per heavy atom. The van der Waals surface area contributed by atoms with Crippen molar-refractivity contribution in [2.75, 3.05) is 0 Å². The molecule has 1 radical (unpaired) electrons. The molecule has 0 saturated carbocycles. The molecule has 0 heterocycles. The van der Waals surface area contributed by atoms with Gasteiger partial charge in [-0.3, -0.25) is 0 Å². The molecule has 1 heteroatoms. The Hall–Kier alpha value is 0.350. The van der Waals surface area contributed by atoms with E-state index in [4.69, 9.17) is 12.6 Å². The molecule has 21 heavy (non-hydrogen) atoms. The molecule has 0 aliphatic carbocycles. The van der Waals surface area contributed by atoms with Crippen molar-refractivity contribution in [1.82, 2.24) is 0 Å². The van der Waals surface area contributed by atoms with Gasteiger partial charge in [0.15, 0.2) is 0 Å². The molecule has 0 saturated heterocycles. The molecule has 127 valence electrons. The highest BCUT2D eigenvalue weighted by atomic mass is 32.1. The molecule has 0 rings (SSSR count). The standard InChI is InChI=1S/C20H41S/c1-3-4-5-6-7-8-9-10-11-12-13-14-15-16-17-18-19-20(2)21/h20H,3-19H2,1-2H3. The highest BCUT2D eigenvalue weighted by molar-refractivity contribution is 7.80. The van der Waals surface area contributed by atoms with Gasteiger partial charge in [-0.05, 0) is 6.42 Å². The summed E-state index contributed by atoms with van der Waals surface area (Å²) < 4.78 is 0. The predicted octanol–water partition coefficient (Wildman–Crippen LogP) is 8.22. The minimum atomic E-state index is 0.483. The molecular weight excluding hydrogens is 272 g/mol. The predicted molar refractivity (Wildman–Crippen MR) is 101 cm³/mol. The summed E-state index contributed by atoms with van der Waals surface area (Å²) >= 11 is 5.18. The molecule has 0 aromatic carbocycles. The smallest absolute Gasteiger partial charge is 0.0123 e. The van der Waals surface area contributed by atoms with Gasteiger partial charge < -0.3 is 0 Å². The largest absolute Gasteiger partial charge is 0.0907 e. The second-order valence-electron chi connectivity index (χ2n) is 6.90. The monoisotopic (exact) mass is 313 g/mol. The fraction of sp³-hybridized carbons (Fsp3) is 1.00. The van der Waals surface area contributed by atoms with Crippen molar-refractivity contribution < 1.29 is 0 Å². The molecule has 0 N–H and O–H groups in total. The molecule has 0 fully saturated rings. The number of rotatable bonds is 17. The SMILES string of the molecule is CCCCCCCCCCCCCCCCCCC(C)[S]. The van der Waals surface area contributed by atoms with Crippen molar-refractivity contribution in [3.63, 3.8) is 0 Å². The van der Waals surface area contributed by atoms with Crippen LogP contribution in [-0.2, 0) is 0 Å². The highest BCUT2D eigenvalue weighted by Gasteiger charge is 1.96. The van der Waals surface area contributed by atoms with Crippen molar-refractivity contribution in [2.45, 2.75) is 128 Å². The first-order valence-electron chi connectivity index (χ1n) is 9.93. The lowest BCUT2D eigenvalue weighted by atomic mass is 10.0. The molecule has 0 aromatic rings. The molecule has 1 atom stereocenters. The fourth-order valence-corrected chi connectivity index (χ4v) is 3.15. The first-order chi connectivity index (χ1) is 10.3. The minimum absolute atomic E-state index is 0.483. The van der Waals surface area contributed by atoms with Crippen LogP contribution in [0.25, 0.3) is 0 Å². The van der Waals surface area contributed by atoms with Crippen LogP contribution in [0.4, 0.5) is 0 Å². The van der Waals surface area contributed by atoms with Gasteiger partial charge in [0.1, 0.15) is 0 Å². The Bertz CT molecular complexity index is 177. The van der Waals surface area contributed by atoms with Gasteiger partial charge in [0.2, 0.25) is 0 Å². The maximum absolute atomic E-state index is 5.18. The van der Waals surface area contributed by atoms with Gasteiger partial charge >= 0.3 is 0 Å². The Morgan fingerprint density at radius 1 is 0.524 bits per heavy atom. The normalized spacial score (nSPS) is 12.7. The first-order valence-corrected chi connectivity index (χ1v) is 10.4. The van der Waals surface area contributed by atoms with Crippen LogP contribution in [0.3, 0.4) is 0 Å². The molecule has 0 aliphatic heterocycles. The van der Waals surface area contributed by atoms with Crippen LogP contribution >= 0.6 is 12.6 Å². The van der Waals surface area contributed by atoms with Crippen LogP contribution in [0.5, 0.6) is 0 Å². The van der Waals surface area contributed by atoms with Crippen LogP contribution in [0, 0.1) is 0 Å². The van der Waals surface area contributed by atoms with E-state index >= 15 is 0 Å². The quantitative estimate of drug-likeness (QED) is 0.237. The Morgan fingerprint density at radius 3 is 1.10 bits per heavy atom. The average Bonchev–Trinajstić information content (AvgIpc) is 2.46. The second-order valence-corrected chi connectivity index (χ2v) is 7.71. The van der Waals surface area contributed by atoms with E-state index < -0.39 is 0 Å². The van der Waals surface area contributed by atoms with E-state index in [0.29, 0.717) is 5.25 Å². The van der Waals surface area contributed by atoms with E-state index in [-0.39, 0.29) is 0 Å². The molecule has 0 aromatic heterocycles. The summed E-state index contributed by atoms with van der Waals surface area (Å²) in [5.41, 5.74) is 0. The van der Waals surface area contributed by atoms with E-state index in [1.807, 2.05) is 0 Å². The Kier molecular flexibility index (Phi) is 18.7. The maximum Gasteiger partial charge on any atom is 0.0123 e. The molecule has 0 nitrogen and oxygen atoms in total. The molecule has 0 spiro atoms. The van der Waals surface area contributed by atoms with Crippen LogP contribution in [0.2, 0.25) is 0 Å².